The molecule has 1 N–H and O–H groups in total. The maximum absolute atomic E-state index is 11.0. The number of hydrogen-bond acceptors (Lipinski definition) is 3. The van der Waals surface area contributed by atoms with Crippen molar-refractivity contribution >= 4 is 11.6 Å². The van der Waals surface area contributed by atoms with Crippen molar-refractivity contribution in [2.45, 2.75) is 46.0 Å². The molecule has 1 fully saturated rings. The van der Waals surface area contributed by atoms with Gasteiger partial charge in [-0.2, -0.15) is 0 Å². The fourth-order valence-corrected chi connectivity index (χ4v) is 3.40. The Balaban J connectivity index is 1.74. The molecule has 0 unspecified atom stereocenters. The molecule has 1 aliphatic rings. The van der Waals surface area contributed by atoms with Crippen LogP contribution in [0.3, 0.4) is 0 Å². The number of carbonyl (C=O) groups is 1. The average molecular weight is 287 g/mol. The molecule has 0 aromatic carbocycles. The highest BCUT2D eigenvalue weighted by molar-refractivity contribution is 5.70. The van der Waals surface area contributed by atoms with Gasteiger partial charge in [-0.1, -0.05) is 6.07 Å². The van der Waals surface area contributed by atoms with Crippen molar-refractivity contribution in [1.82, 2.24) is 14.6 Å². The van der Waals surface area contributed by atoms with Crippen LogP contribution in [0.4, 0.5) is 0 Å². The number of carboxylic acids is 1. The Kier molecular flexibility index (Phi) is 3.66. The Labute approximate surface area is 124 Å². The predicted octanol–water partition coefficient (Wildman–Crippen LogP) is 2.78. The molecule has 0 saturated heterocycles. The van der Waals surface area contributed by atoms with E-state index in [-0.39, 0.29) is 5.92 Å². The van der Waals surface area contributed by atoms with E-state index in [2.05, 4.69) is 29.4 Å². The van der Waals surface area contributed by atoms with Crippen molar-refractivity contribution in [2.75, 3.05) is 0 Å². The van der Waals surface area contributed by atoms with Gasteiger partial charge >= 0.3 is 5.97 Å². The lowest BCUT2D eigenvalue weighted by molar-refractivity contribution is -0.143. The second-order valence-corrected chi connectivity index (χ2v) is 6.23. The van der Waals surface area contributed by atoms with Gasteiger partial charge in [-0.05, 0) is 63.0 Å². The van der Waals surface area contributed by atoms with Crippen molar-refractivity contribution in [2.24, 2.45) is 11.8 Å². The summed E-state index contributed by atoms with van der Waals surface area (Å²) < 4.78 is 2.05. The first-order valence-corrected chi connectivity index (χ1v) is 7.58. The lowest BCUT2D eigenvalue weighted by atomic mass is 9.79. The van der Waals surface area contributed by atoms with E-state index in [0.717, 1.165) is 49.1 Å². The van der Waals surface area contributed by atoms with E-state index in [1.165, 1.54) is 5.56 Å². The van der Waals surface area contributed by atoms with Gasteiger partial charge in [-0.3, -0.25) is 9.20 Å². The zero-order chi connectivity index (χ0) is 15.0. The largest absolute Gasteiger partial charge is 0.481 e. The molecule has 21 heavy (non-hydrogen) atoms. The SMILES string of the molecule is Cc1cc(CC2CCC(C(=O)O)CC2)cn2c(C)nnc12. The minimum Gasteiger partial charge on any atom is -0.481 e. The lowest BCUT2D eigenvalue weighted by Crippen LogP contribution is -2.22. The van der Waals surface area contributed by atoms with E-state index < -0.39 is 5.97 Å². The maximum atomic E-state index is 11.0. The number of aromatic nitrogens is 3. The number of pyridine rings is 1. The van der Waals surface area contributed by atoms with Crippen LogP contribution in [0.25, 0.3) is 5.65 Å². The molecule has 2 heterocycles. The zero-order valence-corrected chi connectivity index (χ0v) is 12.5. The summed E-state index contributed by atoms with van der Waals surface area (Å²) in [5.41, 5.74) is 3.36. The molecule has 2 aromatic rings. The number of hydrogen-bond donors (Lipinski definition) is 1. The fourth-order valence-electron chi connectivity index (χ4n) is 3.40. The summed E-state index contributed by atoms with van der Waals surface area (Å²) in [5.74, 6) is 0.732. The van der Waals surface area contributed by atoms with Gasteiger partial charge in [0.2, 0.25) is 0 Å². The van der Waals surface area contributed by atoms with Crippen LogP contribution in [-0.2, 0) is 11.2 Å². The molecule has 112 valence electrons. The second-order valence-electron chi connectivity index (χ2n) is 6.23. The highest BCUT2D eigenvalue weighted by Crippen LogP contribution is 2.31. The molecule has 0 radical (unpaired) electrons. The van der Waals surface area contributed by atoms with Crippen LogP contribution in [0.2, 0.25) is 0 Å². The van der Waals surface area contributed by atoms with Crippen LogP contribution >= 0.6 is 0 Å². The Morgan fingerprint density at radius 1 is 1.29 bits per heavy atom. The third kappa shape index (κ3) is 2.77. The number of fused-ring (bicyclic) bond motifs is 1. The van der Waals surface area contributed by atoms with E-state index in [1.54, 1.807) is 0 Å². The molecule has 3 rings (SSSR count). The summed E-state index contributed by atoms with van der Waals surface area (Å²) in [5, 5.41) is 17.4. The molecule has 0 spiro atoms. The van der Waals surface area contributed by atoms with E-state index in [9.17, 15) is 4.79 Å². The first-order valence-electron chi connectivity index (χ1n) is 7.58. The van der Waals surface area contributed by atoms with Crippen molar-refractivity contribution in [3.8, 4) is 0 Å². The summed E-state index contributed by atoms with van der Waals surface area (Å²) in [4.78, 5) is 11.0. The van der Waals surface area contributed by atoms with E-state index in [1.807, 2.05) is 11.3 Å². The highest BCUT2D eigenvalue weighted by atomic mass is 16.4. The van der Waals surface area contributed by atoms with E-state index in [4.69, 9.17) is 5.11 Å². The Hall–Kier alpha value is -1.91. The molecule has 2 aromatic heterocycles. The van der Waals surface area contributed by atoms with Crippen molar-refractivity contribution in [3.05, 3.63) is 29.2 Å². The second kappa shape index (κ2) is 5.47. The Bertz CT molecular complexity index is 669. The number of nitrogens with zero attached hydrogens (tertiary/aromatic N) is 3. The average Bonchev–Trinajstić information content (AvgIpc) is 2.82. The monoisotopic (exact) mass is 287 g/mol. The third-order valence-electron chi connectivity index (χ3n) is 4.64. The molecular formula is C16H21N3O2. The topological polar surface area (TPSA) is 67.5 Å². The number of aliphatic carboxylic acids is 1. The Morgan fingerprint density at radius 3 is 2.67 bits per heavy atom. The first-order chi connectivity index (χ1) is 10.0. The summed E-state index contributed by atoms with van der Waals surface area (Å²) in [6.45, 7) is 4.02. The van der Waals surface area contributed by atoms with Crippen LogP contribution in [-0.4, -0.2) is 25.7 Å². The molecule has 0 aliphatic heterocycles. The fraction of sp³-hybridized carbons (Fsp3) is 0.562. The van der Waals surface area contributed by atoms with E-state index >= 15 is 0 Å². The minimum atomic E-state index is -0.633. The van der Waals surface area contributed by atoms with Gasteiger partial charge in [-0.15, -0.1) is 10.2 Å². The van der Waals surface area contributed by atoms with Gasteiger partial charge in [0.05, 0.1) is 5.92 Å². The minimum absolute atomic E-state index is 0.134. The summed E-state index contributed by atoms with van der Waals surface area (Å²) in [6, 6.07) is 2.19. The predicted molar refractivity (Wildman–Crippen MR) is 79.2 cm³/mol. The zero-order valence-electron chi connectivity index (χ0n) is 12.5. The molecule has 1 saturated carbocycles. The molecule has 0 amide bonds. The van der Waals surface area contributed by atoms with Crippen LogP contribution in [0.1, 0.15) is 42.6 Å². The molecule has 0 atom stereocenters. The molecular weight excluding hydrogens is 266 g/mol. The van der Waals surface area contributed by atoms with Crippen molar-refractivity contribution in [3.63, 3.8) is 0 Å². The van der Waals surface area contributed by atoms with Gasteiger partial charge in [0, 0.05) is 6.20 Å². The molecule has 5 heteroatoms. The quantitative estimate of drug-likeness (QED) is 0.942. The van der Waals surface area contributed by atoms with Crippen LogP contribution in [0, 0.1) is 25.7 Å². The van der Waals surface area contributed by atoms with Crippen LogP contribution < -0.4 is 0 Å². The summed E-state index contributed by atoms with van der Waals surface area (Å²) in [6.07, 6.45) is 6.78. The van der Waals surface area contributed by atoms with Gasteiger partial charge in [0.15, 0.2) is 5.65 Å². The normalized spacial score (nSPS) is 22.6. The van der Waals surface area contributed by atoms with E-state index in [0.29, 0.717) is 5.92 Å². The third-order valence-corrected chi connectivity index (χ3v) is 4.64. The first kappa shape index (κ1) is 14.0. The van der Waals surface area contributed by atoms with Crippen molar-refractivity contribution in [1.29, 1.82) is 0 Å². The standard InChI is InChI=1S/C16H21N3O2/c1-10-7-13(9-19-11(2)17-18-15(10)19)8-12-3-5-14(6-4-12)16(20)21/h7,9,12,14H,3-6,8H2,1-2H3,(H,20,21). The van der Waals surface area contributed by atoms with Crippen LogP contribution in [0.15, 0.2) is 12.3 Å². The number of aryl methyl sites for hydroxylation is 2. The lowest BCUT2D eigenvalue weighted by Gasteiger charge is -2.26. The van der Waals surface area contributed by atoms with Gasteiger partial charge < -0.3 is 5.11 Å². The van der Waals surface area contributed by atoms with Gasteiger partial charge in [0.25, 0.3) is 0 Å². The maximum Gasteiger partial charge on any atom is 0.306 e. The smallest absolute Gasteiger partial charge is 0.306 e. The van der Waals surface area contributed by atoms with Crippen LogP contribution in [0.5, 0.6) is 0 Å². The summed E-state index contributed by atoms with van der Waals surface area (Å²) >= 11 is 0. The molecule has 0 bridgehead atoms. The van der Waals surface area contributed by atoms with Crippen molar-refractivity contribution < 1.29 is 9.90 Å². The van der Waals surface area contributed by atoms with Gasteiger partial charge in [-0.25, -0.2) is 0 Å². The molecule has 1 aliphatic carbocycles. The number of rotatable bonds is 3. The van der Waals surface area contributed by atoms with Gasteiger partial charge in [0.1, 0.15) is 5.82 Å². The summed E-state index contributed by atoms with van der Waals surface area (Å²) in [7, 11) is 0. The Morgan fingerprint density at radius 2 is 2.00 bits per heavy atom. The molecule has 5 nitrogen and oxygen atoms in total. The highest BCUT2D eigenvalue weighted by Gasteiger charge is 2.26. The number of carboxylic acid groups (broad SMARTS) is 1.